The molecule has 0 bridgehead atoms. The molecule has 0 aliphatic carbocycles. The summed E-state index contributed by atoms with van der Waals surface area (Å²) in [5.41, 5.74) is 1.39. The molecule has 1 fully saturated rings. The van der Waals surface area contributed by atoms with Gasteiger partial charge >= 0.3 is 0 Å². The van der Waals surface area contributed by atoms with E-state index in [4.69, 9.17) is 4.74 Å². The van der Waals surface area contributed by atoms with Gasteiger partial charge < -0.3 is 15.4 Å². The second-order valence-electron chi connectivity index (χ2n) is 7.37. The van der Waals surface area contributed by atoms with Crippen LogP contribution in [-0.4, -0.2) is 49.7 Å². The number of hydrogen-bond acceptors (Lipinski definition) is 3. The summed E-state index contributed by atoms with van der Waals surface area (Å²) in [5, 5.41) is 6.95. The maximum absolute atomic E-state index is 5.92. The fraction of sp³-hybridized carbons (Fsp3) is 0.435. The van der Waals surface area contributed by atoms with Crippen LogP contribution in [0.25, 0.3) is 0 Å². The Hall–Kier alpha value is -2.53. The molecule has 28 heavy (non-hydrogen) atoms. The third-order valence-electron chi connectivity index (χ3n) is 5.04. The molecule has 5 nitrogen and oxygen atoms in total. The molecule has 2 aromatic rings. The van der Waals surface area contributed by atoms with E-state index in [9.17, 15) is 0 Å². The molecule has 150 valence electrons. The van der Waals surface area contributed by atoms with Crippen LogP contribution in [0, 0.1) is 0 Å². The number of nitrogens with one attached hydrogen (secondary N) is 2. The number of nitrogens with zero attached hydrogens (tertiary/aromatic N) is 2. The fourth-order valence-corrected chi connectivity index (χ4v) is 3.48. The molecule has 1 unspecified atom stereocenters. The first kappa shape index (κ1) is 20.2. The Morgan fingerprint density at radius 2 is 1.71 bits per heavy atom. The van der Waals surface area contributed by atoms with Crippen LogP contribution in [0.5, 0.6) is 5.75 Å². The van der Waals surface area contributed by atoms with Crippen LogP contribution >= 0.6 is 0 Å². The van der Waals surface area contributed by atoms with Gasteiger partial charge in [-0.25, -0.2) is 0 Å². The second kappa shape index (κ2) is 10.7. The average molecular weight is 381 g/mol. The average Bonchev–Trinajstić information content (AvgIpc) is 2.74. The minimum absolute atomic E-state index is 0.0636. The minimum Gasteiger partial charge on any atom is -0.489 e. The maximum atomic E-state index is 5.92. The van der Waals surface area contributed by atoms with Crippen LogP contribution in [0.3, 0.4) is 0 Å². The van der Waals surface area contributed by atoms with E-state index in [0.29, 0.717) is 12.6 Å². The third-order valence-corrected chi connectivity index (χ3v) is 5.04. The van der Waals surface area contributed by atoms with Crippen molar-refractivity contribution in [1.82, 2.24) is 15.5 Å². The van der Waals surface area contributed by atoms with Gasteiger partial charge in [0.1, 0.15) is 11.9 Å². The first-order valence-electron chi connectivity index (χ1n) is 10.2. The number of piperidine rings is 1. The predicted octanol–water partition coefficient (Wildman–Crippen LogP) is 3.28. The Kier molecular flexibility index (Phi) is 7.73. The van der Waals surface area contributed by atoms with E-state index in [-0.39, 0.29) is 6.10 Å². The molecule has 0 aromatic heterocycles. The number of rotatable bonds is 7. The van der Waals surface area contributed by atoms with Gasteiger partial charge in [-0.15, -0.1) is 0 Å². The van der Waals surface area contributed by atoms with Gasteiger partial charge in [-0.1, -0.05) is 48.5 Å². The molecule has 1 aliphatic heterocycles. The number of guanidine groups is 1. The van der Waals surface area contributed by atoms with E-state index in [1.807, 2.05) is 37.4 Å². The topological polar surface area (TPSA) is 48.9 Å². The lowest BCUT2D eigenvalue weighted by atomic mass is 10.0. The summed E-state index contributed by atoms with van der Waals surface area (Å²) in [5.74, 6) is 1.75. The van der Waals surface area contributed by atoms with Gasteiger partial charge in [0.25, 0.3) is 0 Å². The molecule has 1 saturated heterocycles. The van der Waals surface area contributed by atoms with Gasteiger partial charge in [0, 0.05) is 32.7 Å². The maximum Gasteiger partial charge on any atom is 0.191 e. The van der Waals surface area contributed by atoms with Crippen LogP contribution in [-0.2, 0) is 6.54 Å². The van der Waals surface area contributed by atoms with Crippen molar-refractivity contribution in [3.8, 4) is 5.75 Å². The molecule has 0 amide bonds. The van der Waals surface area contributed by atoms with Crippen LogP contribution in [0.15, 0.2) is 65.7 Å². The molecular weight excluding hydrogens is 348 g/mol. The van der Waals surface area contributed by atoms with Gasteiger partial charge in [0.2, 0.25) is 0 Å². The number of para-hydroxylation sites is 1. The zero-order valence-electron chi connectivity index (χ0n) is 17.0. The molecule has 3 rings (SSSR count). The van der Waals surface area contributed by atoms with Gasteiger partial charge in [-0.2, -0.15) is 0 Å². The van der Waals surface area contributed by atoms with Crippen molar-refractivity contribution >= 4 is 5.96 Å². The quantitative estimate of drug-likeness (QED) is 0.572. The lowest BCUT2D eigenvalue weighted by molar-refractivity contribution is 0.197. The number of benzene rings is 2. The van der Waals surface area contributed by atoms with Gasteiger partial charge in [-0.05, 0) is 37.5 Å². The molecule has 1 aliphatic rings. The van der Waals surface area contributed by atoms with E-state index in [1.54, 1.807) is 0 Å². The van der Waals surface area contributed by atoms with E-state index < -0.39 is 0 Å². The molecule has 2 N–H and O–H groups in total. The number of aliphatic imine (C=N–C) groups is 1. The van der Waals surface area contributed by atoms with E-state index in [1.165, 1.54) is 5.56 Å². The molecule has 0 spiro atoms. The highest BCUT2D eigenvalue weighted by atomic mass is 16.5. The van der Waals surface area contributed by atoms with Crippen molar-refractivity contribution in [3.05, 3.63) is 66.2 Å². The first-order chi connectivity index (χ1) is 13.7. The van der Waals surface area contributed by atoms with E-state index >= 15 is 0 Å². The summed E-state index contributed by atoms with van der Waals surface area (Å²) in [6, 6.07) is 21.1. The van der Waals surface area contributed by atoms with Gasteiger partial charge in [0.15, 0.2) is 5.96 Å². The molecule has 0 saturated carbocycles. The Labute approximate surface area is 168 Å². The zero-order valence-corrected chi connectivity index (χ0v) is 17.0. The van der Waals surface area contributed by atoms with E-state index in [0.717, 1.165) is 44.2 Å². The highest BCUT2D eigenvalue weighted by Gasteiger charge is 2.20. The van der Waals surface area contributed by atoms with Crippen LogP contribution in [0.1, 0.15) is 25.3 Å². The standard InChI is InChI=1S/C23H32N4O/c1-19(28-22-11-7-4-8-12-22)17-25-23(24-2)26-21-13-15-27(16-14-21)18-20-9-5-3-6-10-20/h3-12,19,21H,13-18H2,1-2H3,(H2,24,25,26). The fourth-order valence-electron chi connectivity index (χ4n) is 3.48. The summed E-state index contributed by atoms with van der Waals surface area (Å²) in [4.78, 5) is 6.90. The van der Waals surface area contributed by atoms with Crippen molar-refractivity contribution in [2.24, 2.45) is 4.99 Å². The molecule has 2 aromatic carbocycles. The summed E-state index contributed by atoms with van der Waals surface area (Å²) >= 11 is 0. The second-order valence-corrected chi connectivity index (χ2v) is 7.37. The number of likely N-dealkylation sites (tertiary alicyclic amines) is 1. The summed E-state index contributed by atoms with van der Waals surface area (Å²) in [7, 11) is 1.82. The van der Waals surface area contributed by atoms with E-state index in [2.05, 4.69) is 57.8 Å². The van der Waals surface area contributed by atoms with Crippen molar-refractivity contribution < 1.29 is 4.74 Å². The Balaban J connectivity index is 1.37. The SMILES string of the molecule is CN=C(NCC(C)Oc1ccccc1)NC1CCN(Cc2ccccc2)CC1. The van der Waals surface area contributed by atoms with Gasteiger partial charge in [0.05, 0.1) is 6.54 Å². The monoisotopic (exact) mass is 380 g/mol. The number of ether oxygens (including phenoxy) is 1. The molecule has 0 radical (unpaired) electrons. The molecular formula is C23H32N4O. The van der Waals surface area contributed by atoms with Crippen LogP contribution < -0.4 is 15.4 Å². The van der Waals surface area contributed by atoms with Crippen molar-refractivity contribution in [3.63, 3.8) is 0 Å². The Morgan fingerprint density at radius 1 is 1.07 bits per heavy atom. The lowest BCUT2D eigenvalue weighted by Gasteiger charge is -2.33. The van der Waals surface area contributed by atoms with Crippen molar-refractivity contribution in [2.75, 3.05) is 26.7 Å². The molecule has 5 heteroatoms. The summed E-state index contributed by atoms with van der Waals surface area (Å²) in [6.45, 7) is 6.03. The molecule has 1 atom stereocenters. The summed E-state index contributed by atoms with van der Waals surface area (Å²) in [6.07, 6.45) is 2.32. The summed E-state index contributed by atoms with van der Waals surface area (Å²) < 4.78 is 5.92. The Morgan fingerprint density at radius 3 is 2.36 bits per heavy atom. The van der Waals surface area contributed by atoms with Crippen LogP contribution in [0.2, 0.25) is 0 Å². The predicted molar refractivity (Wildman–Crippen MR) is 116 cm³/mol. The number of hydrogen-bond donors (Lipinski definition) is 2. The normalized spacial score (nSPS) is 17.1. The third kappa shape index (κ3) is 6.57. The lowest BCUT2D eigenvalue weighted by Crippen LogP contribution is -2.49. The minimum atomic E-state index is 0.0636. The van der Waals surface area contributed by atoms with Crippen molar-refractivity contribution in [2.45, 2.75) is 38.5 Å². The smallest absolute Gasteiger partial charge is 0.191 e. The zero-order chi connectivity index (χ0) is 19.6. The van der Waals surface area contributed by atoms with Crippen molar-refractivity contribution in [1.29, 1.82) is 0 Å². The molecule has 1 heterocycles. The first-order valence-corrected chi connectivity index (χ1v) is 10.2. The highest BCUT2D eigenvalue weighted by molar-refractivity contribution is 5.80. The van der Waals surface area contributed by atoms with Gasteiger partial charge in [-0.3, -0.25) is 9.89 Å². The van der Waals surface area contributed by atoms with Crippen LogP contribution in [0.4, 0.5) is 0 Å². The highest BCUT2D eigenvalue weighted by Crippen LogP contribution is 2.14. The Bertz CT molecular complexity index is 712. The largest absolute Gasteiger partial charge is 0.489 e.